The molecule has 33 heavy (non-hydrogen) atoms. The topological polar surface area (TPSA) is 68.6 Å². The maximum Gasteiger partial charge on any atom is 0.280 e. The average molecular weight is 445 g/mol. The predicted octanol–water partition coefficient (Wildman–Crippen LogP) is 5.00. The highest BCUT2D eigenvalue weighted by atomic mass is 19.1. The van der Waals surface area contributed by atoms with Crippen LogP contribution in [0.1, 0.15) is 18.1 Å². The number of aromatic amines is 1. The number of methoxy groups -OCH3 is 2. The highest BCUT2D eigenvalue weighted by Crippen LogP contribution is 2.24. The van der Waals surface area contributed by atoms with E-state index in [9.17, 15) is 9.18 Å². The zero-order valence-electron chi connectivity index (χ0n) is 18.6. The Kier molecular flexibility index (Phi) is 6.40. The number of benzene rings is 3. The zero-order chi connectivity index (χ0) is 23.4. The van der Waals surface area contributed by atoms with Gasteiger partial charge in [0, 0.05) is 11.3 Å². The quantitative estimate of drug-likeness (QED) is 0.407. The Labute approximate surface area is 190 Å². The van der Waals surface area contributed by atoms with Crippen LogP contribution < -0.4 is 15.0 Å². The number of hydrogen-bond acceptors (Lipinski definition) is 4. The first kappa shape index (κ1) is 22.1. The van der Waals surface area contributed by atoms with E-state index in [4.69, 9.17) is 9.47 Å². The van der Waals surface area contributed by atoms with E-state index in [1.807, 2.05) is 55.5 Å². The lowest BCUT2D eigenvalue weighted by molar-refractivity contribution is 0.414. The third kappa shape index (κ3) is 4.72. The molecule has 4 aromatic rings. The van der Waals surface area contributed by atoms with E-state index in [1.54, 1.807) is 26.4 Å². The molecule has 6 nitrogen and oxygen atoms in total. The molecule has 0 unspecified atom stereocenters. The van der Waals surface area contributed by atoms with Gasteiger partial charge in [0.15, 0.2) is 0 Å². The maximum absolute atomic E-state index is 13.4. The van der Waals surface area contributed by atoms with Crippen LogP contribution in [0.15, 0.2) is 82.6 Å². The van der Waals surface area contributed by atoms with E-state index in [2.05, 4.69) is 10.1 Å². The van der Waals surface area contributed by atoms with E-state index in [-0.39, 0.29) is 11.4 Å². The number of nitrogens with zero attached hydrogens (tertiary/aromatic N) is 2. The number of nitrogens with one attached hydrogen (secondary N) is 1. The van der Waals surface area contributed by atoms with Crippen molar-refractivity contribution in [1.82, 2.24) is 9.78 Å². The van der Waals surface area contributed by atoms with Crippen molar-refractivity contribution in [1.29, 1.82) is 0 Å². The molecular weight excluding hydrogens is 421 g/mol. The third-order valence-corrected chi connectivity index (χ3v) is 5.37. The van der Waals surface area contributed by atoms with E-state index in [0.29, 0.717) is 35.0 Å². The minimum absolute atomic E-state index is 0.261. The Bertz CT molecular complexity index is 1320. The molecular formula is C26H24FN3O3. The van der Waals surface area contributed by atoms with Crippen molar-refractivity contribution >= 4 is 5.71 Å². The van der Waals surface area contributed by atoms with Gasteiger partial charge in [-0.05, 0) is 73.2 Å². The van der Waals surface area contributed by atoms with Gasteiger partial charge in [-0.3, -0.25) is 14.9 Å². The van der Waals surface area contributed by atoms with Gasteiger partial charge < -0.3 is 9.47 Å². The largest absolute Gasteiger partial charge is 0.497 e. The summed E-state index contributed by atoms with van der Waals surface area (Å²) in [6.07, 6.45) is 0. The summed E-state index contributed by atoms with van der Waals surface area (Å²) in [4.78, 5) is 18.1. The maximum atomic E-state index is 13.4. The van der Waals surface area contributed by atoms with Crippen LogP contribution in [0.2, 0.25) is 0 Å². The van der Waals surface area contributed by atoms with Crippen LogP contribution in [0.4, 0.5) is 4.39 Å². The molecule has 0 saturated carbocycles. The molecule has 0 aliphatic rings. The Hall–Kier alpha value is -4.13. The minimum Gasteiger partial charge on any atom is -0.497 e. The molecule has 0 atom stereocenters. The van der Waals surface area contributed by atoms with E-state index < -0.39 is 0 Å². The number of hydrogen-bond donors (Lipinski definition) is 1. The van der Waals surface area contributed by atoms with Crippen LogP contribution in [0.5, 0.6) is 11.5 Å². The summed E-state index contributed by atoms with van der Waals surface area (Å²) in [5.41, 5.74) is 3.76. The van der Waals surface area contributed by atoms with Gasteiger partial charge in [-0.2, -0.15) is 0 Å². The average Bonchev–Trinajstić information content (AvgIpc) is 3.20. The molecule has 1 aromatic heterocycles. The normalized spacial score (nSPS) is 11.5. The number of H-pyrrole nitrogens is 1. The summed E-state index contributed by atoms with van der Waals surface area (Å²) in [6, 6.07) is 20.8. The molecule has 0 bridgehead atoms. The monoisotopic (exact) mass is 445 g/mol. The molecule has 4 rings (SSSR count). The number of halogens is 1. The second-order valence-electron chi connectivity index (χ2n) is 7.46. The molecule has 1 N–H and O–H groups in total. The Balaban J connectivity index is 1.78. The molecule has 0 aliphatic heterocycles. The van der Waals surface area contributed by atoms with Gasteiger partial charge in [0.1, 0.15) is 17.3 Å². The fraction of sp³-hybridized carbons (Fsp3) is 0.154. The lowest BCUT2D eigenvalue weighted by Crippen LogP contribution is -2.19. The van der Waals surface area contributed by atoms with Gasteiger partial charge in [0.25, 0.3) is 5.56 Å². The minimum atomic E-state index is -0.369. The smallest absolute Gasteiger partial charge is 0.280 e. The van der Waals surface area contributed by atoms with Crippen LogP contribution in [-0.2, 0) is 6.54 Å². The Morgan fingerprint density at radius 3 is 2.06 bits per heavy atom. The molecule has 3 aromatic carbocycles. The fourth-order valence-electron chi connectivity index (χ4n) is 3.53. The van der Waals surface area contributed by atoms with Gasteiger partial charge in [-0.15, -0.1) is 0 Å². The van der Waals surface area contributed by atoms with Crippen LogP contribution in [-0.4, -0.2) is 29.7 Å². The SMILES string of the molecule is COc1ccc(CN=C(C)c2c(-c3ccc(OC)cc3)[nH]n(-c3ccc(F)cc3)c2=O)cc1. The van der Waals surface area contributed by atoms with Crippen molar-refractivity contribution in [3.8, 4) is 28.4 Å². The number of aromatic nitrogens is 2. The molecule has 7 heteroatoms. The molecule has 0 amide bonds. The molecule has 0 fully saturated rings. The summed E-state index contributed by atoms with van der Waals surface area (Å²) in [6.45, 7) is 2.23. The standard InChI is InChI=1S/C26H24FN3O3/c1-17(28-16-18-4-12-22(32-2)13-5-18)24-25(19-6-14-23(33-3)15-7-19)29-30(26(24)31)21-10-8-20(27)9-11-21/h4-15,29H,16H2,1-3H3. The number of ether oxygens (including phenoxy) is 2. The Morgan fingerprint density at radius 1 is 0.909 bits per heavy atom. The first-order chi connectivity index (χ1) is 16.0. The highest BCUT2D eigenvalue weighted by molar-refractivity contribution is 6.03. The van der Waals surface area contributed by atoms with Gasteiger partial charge in [-0.25, -0.2) is 9.07 Å². The lowest BCUT2D eigenvalue weighted by atomic mass is 10.0. The molecule has 0 aliphatic carbocycles. The van der Waals surface area contributed by atoms with Crippen molar-refractivity contribution in [3.05, 3.63) is 100 Å². The molecule has 1 heterocycles. The molecule has 0 saturated heterocycles. The second-order valence-corrected chi connectivity index (χ2v) is 7.46. The first-order valence-corrected chi connectivity index (χ1v) is 10.4. The third-order valence-electron chi connectivity index (χ3n) is 5.37. The van der Waals surface area contributed by atoms with Crippen LogP contribution in [0, 0.1) is 5.82 Å². The van der Waals surface area contributed by atoms with Crippen LogP contribution >= 0.6 is 0 Å². The lowest BCUT2D eigenvalue weighted by Gasteiger charge is -2.05. The number of aliphatic imine (C=N–C) groups is 1. The van der Waals surface area contributed by atoms with Crippen molar-refractivity contribution < 1.29 is 13.9 Å². The summed E-state index contributed by atoms with van der Waals surface area (Å²) in [5.74, 6) is 1.12. The van der Waals surface area contributed by atoms with Crippen molar-refractivity contribution in [3.63, 3.8) is 0 Å². The van der Waals surface area contributed by atoms with Crippen molar-refractivity contribution in [2.24, 2.45) is 4.99 Å². The zero-order valence-corrected chi connectivity index (χ0v) is 18.6. The van der Waals surface area contributed by atoms with E-state index in [1.165, 1.54) is 16.8 Å². The van der Waals surface area contributed by atoms with Gasteiger partial charge in [0.05, 0.1) is 37.7 Å². The summed E-state index contributed by atoms with van der Waals surface area (Å²) in [5, 5.41) is 3.18. The van der Waals surface area contributed by atoms with E-state index >= 15 is 0 Å². The summed E-state index contributed by atoms with van der Waals surface area (Å²) < 4.78 is 25.3. The van der Waals surface area contributed by atoms with Crippen molar-refractivity contribution in [2.75, 3.05) is 14.2 Å². The highest BCUT2D eigenvalue weighted by Gasteiger charge is 2.19. The molecule has 168 valence electrons. The van der Waals surface area contributed by atoms with Crippen LogP contribution in [0.3, 0.4) is 0 Å². The van der Waals surface area contributed by atoms with Gasteiger partial charge >= 0.3 is 0 Å². The fourth-order valence-corrected chi connectivity index (χ4v) is 3.53. The second kappa shape index (κ2) is 9.56. The first-order valence-electron chi connectivity index (χ1n) is 10.4. The summed E-state index contributed by atoms with van der Waals surface area (Å²) in [7, 11) is 3.22. The predicted molar refractivity (Wildman–Crippen MR) is 127 cm³/mol. The van der Waals surface area contributed by atoms with Gasteiger partial charge in [0.2, 0.25) is 0 Å². The van der Waals surface area contributed by atoms with Crippen LogP contribution in [0.25, 0.3) is 16.9 Å². The molecule has 0 spiro atoms. The van der Waals surface area contributed by atoms with E-state index in [0.717, 1.165) is 16.9 Å². The van der Waals surface area contributed by atoms with Gasteiger partial charge in [-0.1, -0.05) is 12.1 Å². The Morgan fingerprint density at radius 2 is 1.48 bits per heavy atom. The molecule has 0 radical (unpaired) electrons. The van der Waals surface area contributed by atoms with Crippen molar-refractivity contribution in [2.45, 2.75) is 13.5 Å². The number of rotatable bonds is 7. The summed E-state index contributed by atoms with van der Waals surface area (Å²) >= 11 is 0.